The summed E-state index contributed by atoms with van der Waals surface area (Å²) >= 11 is 0. The molecule has 284 valence electrons. The maximum Gasteiger partial charge on any atom is 0.152 e. The third-order valence-electron chi connectivity index (χ3n) is 13.2. The Balaban J connectivity index is 1.04. The predicted octanol–water partition coefficient (Wildman–Crippen LogP) is 13.2. The molecule has 2 atom stereocenters. The van der Waals surface area contributed by atoms with E-state index >= 15 is 0 Å². The second-order valence-corrected chi connectivity index (χ2v) is 16.6. The van der Waals surface area contributed by atoms with Gasteiger partial charge in [0.15, 0.2) is 6.17 Å². The number of anilines is 5. The molecular weight excluding hydrogens is 719 g/mol. The van der Waals surface area contributed by atoms with E-state index < -0.39 is 0 Å². The molecule has 6 aromatic carbocycles. The number of para-hydroxylation sites is 1. The topological polar surface area (TPSA) is 49.8 Å². The fourth-order valence-electron chi connectivity index (χ4n) is 10.4. The molecule has 59 heavy (non-hydrogen) atoms. The van der Waals surface area contributed by atoms with E-state index in [9.17, 15) is 0 Å². The van der Waals surface area contributed by atoms with Gasteiger partial charge in [-0.25, -0.2) is 0 Å². The van der Waals surface area contributed by atoms with Crippen LogP contribution in [0.2, 0.25) is 0 Å². The van der Waals surface area contributed by atoms with Crippen LogP contribution in [-0.2, 0) is 0 Å². The molecule has 2 unspecified atom stereocenters. The van der Waals surface area contributed by atoms with Crippen LogP contribution in [0.15, 0.2) is 151 Å². The van der Waals surface area contributed by atoms with Gasteiger partial charge in [-0.05, 0) is 134 Å². The monoisotopic (exact) mass is 761 g/mol. The molecule has 5 heteroatoms. The molecule has 0 radical (unpaired) electrons. The maximum atomic E-state index is 7.17. The van der Waals surface area contributed by atoms with Gasteiger partial charge in [-0.1, -0.05) is 96.1 Å². The number of rotatable bonds is 4. The van der Waals surface area contributed by atoms with Gasteiger partial charge in [-0.2, -0.15) is 0 Å². The summed E-state index contributed by atoms with van der Waals surface area (Å²) in [6.45, 7) is 6.37. The lowest BCUT2D eigenvalue weighted by Crippen LogP contribution is -2.26. The highest BCUT2D eigenvalue weighted by atomic mass is 15.3. The molecule has 0 spiro atoms. The number of hydrogen-bond donors (Lipinski definition) is 1. The van der Waals surface area contributed by atoms with E-state index in [-0.39, 0.29) is 12.2 Å². The van der Waals surface area contributed by atoms with Crippen LogP contribution in [0.1, 0.15) is 53.1 Å². The van der Waals surface area contributed by atoms with E-state index in [1.807, 2.05) is 6.21 Å². The van der Waals surface area contributed by atoms with Gasteiger partial charge in [-0.15, -0.1) is 0 Å². The largest absolute Gasteiger partial charge is 0.384 e. The summed E-state index contributed by atoms with van der Waals surface area (Å²) < 4.78 is 2.25. The summed E-state index contributed by atoms with van der Waals surface area (Å²) in [7, 11) is 0. The summed E-state index contributed by atoms with van der Waals surface area (Å²) in [4.78, 5) is 10.00. The van der Waals surface area contributed by atoms with Crippen molar-refractivity contribution in [2.75, 3.05) is 15.5 Å². The molecule has 7 aromatic rings. The Kier molecular flexibility index (Phi) is 7.31. The molecule has 0 saturated heterocycles. The van der Waals surface area contributed by atoms with Crippen molar-refractivity contribution in [3.63, 3.8) is 0 Å². The molecular formula is C54H43N5. The standard InChI is InChI=1S/C54H43N5/c1-4-7-41-47-30-44-39-8-5-6-9-48(39)59-49-24-18-36(43(44)31-52(47)57(53(41)55)37-19-15-35(16-20-37)34-13-10-32(2)11-14-34)17-22-40(49)46-29-38(21-25-51(46)59)58-50-23-12-33(3)28-45(50)42-26-27-56-54(42)58/h4-17,19-23,25-31,49,54H,18,24,55H2,1-3H3/b7-4-. The molecule has 12 rings (SSSR count). The minimum Gasteiger partial charge on any atom is -0.384 e. The maximum absolute atomic E-state index is 7.17. The van der Waals surface area contributed by atoms with Crippen LogP contribution in [0, 0.1) is 13.8 Å². The highest BCUT2D eigenvalue weighted by Crippen LogP contribution is 2.55. The van der Waals surface area contributed by atoms with Gasteiger partial charge >= 0.3 is 0 Å². The first-order chi connectivity index (χ1) is 28.9. The van der Waals surface area contributed by atoms with Crippen LogP contribution in [0.4, 0.5) is 28.6 Å². The van der Waals surface area contributed by atoms with Crippen molar-refractivity contribution in [1.29, 1.82) is 0 Å². The average molecular weight is 762 g/mol. The van der Waals surface area contributed by atoms with Crippen LogP contribution < -0.4 is 15.5 Å². The molecule has 1 aliphatic carbocycles. The fraction of sp³-hybridized carbons (Fsp3) is 0.130. The van der Waals surface area contributed by atoms with Crippen LogP contribution in [-0.4, -0.2) is 23.0 Å². The SMILES string of the molecule is C/C=C\c1c(N)n(-c2ccc(-c3ccc(C)cc3)cc2)c2cc3c(cc12)-c1ccccc1N1c2ccc(N4c5ccc(C)cc5C5=CC=NC54)cc2C2=CC=C3CCC21. The first-order valence-corrected chi connectivity index (χ1v) is 20.8. The molecule has 2 bridgehead atoms. The molecule has 5 heterocycles. The number of benzene rings is 6. The van der Waals surface area contributed by atoms with E-state index in [1.54, 1.807) is 0 Å². The summed E-state index contributed by atoms with van der Waals surface area (Å²) in [6, 6.07) is 45.5. The minimum absolute atomic E-state index is 0.0340. The Morgan fingerprint density at radius 3 is 2.17 bits per heavy atom. The highest BCUT2D eigenvalue weighted by molar-refractivity contribution is 6.07. The lowest BCUT2D eigenvalue weighted by atomic mass is 9.90. The summed E-state index contributed by atoms with van der Waals surface area (Å²) in [5.74, 6) is 0.746. The summed E-state index contributed by atoms with van der Waals surface area (Å²) in [5.41, 5.74) is 30.5. The van der Waals surface area contributed by atoms with Gasteiger partial charge in [0, 0.05) is 62.2 Å². The van der Waals surface area contributed by atoms with E-state index in [1.165, 1.54) is 89.5 Å². The zero-order chi connectivity index (χ0) is 39.5. The first-order valence-electron chi connectivity index (χ1n) is 20.8. The fourth-order valence-corrected chi connectivity index (χ4v) is 10.4. The lowest BCUT2D eigenvalue weighted by Gasteiger charge is -2.30. The number of nitrogens with two attached hydrogens (primary N) is 1. The van der Waals surface area contributed by atoms with Gasteiger partial charge in [0.2, 0.25) is 0 Å². The number of aromatic nitrogens is 1. The quantitative estimate of drug-likeness (QED) is 0.194. The molecule has 5 aliphatic rings. The number of hydrogen-bond acceptors (Lipinski definition) is 4. The molecule has 5 nitrogen and oxygen atoms in total. The van der Waals surface area contributed by atoms with Crippen LogP contribution in [0.5, 0.6) is 0 Å². The van der Waals surface area contributed by atoms with Crippen molar-refractivity contribution in [1.82, 2.24) is 4.57 Å². The number of fused-ring (bicyclic) bond motifs is 14. The zero-order valence-electron chi connectivity index (χ0n) is 33.4. The Morgan fingerprint density at radius 1 is 0.627 bits per heavy atom. The Labute approximate surface area is 345 Å². The molecule has 1 aromatic heterocycles. The molecule has 2 N–H and O–H groups in total. The van der Waals surface area contributed by atoms with E-state index in [4.69, 9.17) is 10.7 Å². The highest BCUT2D eigenvalue weighted by Gasteiger charge is 2.41. The third-order valence-corrected chi connectivity index (χ3v) is 13.2. The number of nitrogens with zero attached hydrogens (tertiary/aromatic N) is 4. The molecule has 0 amide bonds. The summed E-state index contributed by atoms with van der Waals surface area (Å²) in [5, 5.41) is 1.15. The number of allylic oxidation sites excluding steroid dienone is 5. The Hall–Kier alpha value is -7.11. The first kappa shape index (κ1) is 34.0. The third kappa shape index (κ3) is 4.94. The van der Waals surface area contributed by atoms with Gasteiger partial charge in [-0.3, -0.25) is 9.56 Å². The van der Waals surface area contributed by atoms with Crippen LogP contribution >= 0.6 is 0 Å². The van der Waals surface area contributed by atoms with Crippen molar-refractivity contribution < 1.29 is 0 Å². The van der Waals surface area contributed by atoms with Gasteiger partial charge in [0.25, 0.3) is 0 Å². The van der Waals surface area contributed by atoms with Gasteiger partial charge < -0.3 is 15.5 Å². The van der Waals surface area contributed by atoms with Crippen molar-refractivity contribution in [2.45, 2.75) is 45.8 Å². The minimum atomic E-state index is -0.0340. The van der Waals surface area contributed by atoms with Crippen molar-refractivity contribution in [3.05, 3.63) is 179 Å². The zero-order valence-corrected chi connectivity index (χ0v) is 33.4. The number of nitrogen functional groups attached to an aromatic ring is 1. The normalized spacial score (nSPS) is 18.1. The number of aliphatic imine (C=N–C) groups is 1. The Morgan fingerprint density at radius 2 is 1.34 bits per heavy atom. The van der Waals surface area contributed by atoms with Crippen LogP contribution in [0.25, 0.3) is 61.6 Å². The Bertz CT molecular complexity index is 3100. The second-order valence-electron chi connectivity index (χ2n) is 16.6. The van der Waals surface area contributed by atoms with Crippen molar-refractivity contribution in [3.8, 4) is 27.9 Å². The van der Waals surface area contributed by atoms with Crippen LogP contribution in [0.3, 0.4) is 0 Å². The van der Waals surface area contributed by atoms with E-state index in [0.717, 1.165) is 40.8 Å². The molecule has 0 saturated carbocycles. The lowest BCUT2D eigenvalue weighted by molar-refractivity contribution is 0.753. The predicted molar refractivity (Wildman–Crippen MR) is 249 cm³/mol. The number of aryl methyl sites for hydroxylation is 2. The van der Waals surface area contributed by atoms with Gasteiger partial charge in [0.1, 0.15) is 5.82 Å². The average Bonchev–Trinajstić information content (AvgIpc) is 3.96. The van der Waals surface area contributed by atoms with Crippen molar-refractivity contribution >= 4 is 68.5 Å². The molecule has 4 aliphatic heterocycles. The van der Waals surface area contributed by atoms with Crippen molar-refractivity contribution in [2.24, 2.45) is 4.99 Å². The van der Waals surface area contributed by atoms with Gasteiger partial charge in [0.05, 0.1) is 17.2 Å². The smallest absolute Gasteiger partial charge is 0.152 e. The van der Waals surface area contributed by atoms with E-state index in [0.29, 0.717) is 0 Å². The molecule has 0 fully saturated rings. The summed E-state index contributed by atoms with van der Waals surface area (Å²) in [6.07, 6.45) is 15.2. The second kappa shape index (κ2) is 12.7. The van der Waals surface area contributed by atoms with E-state index in [2.05, 4.69) is 187 Å².